The van der Waals surface area contributed by atoms with Gasteiger partial charge in [0.1, 0.15) is 65.7 Å². The second kappa shape index (κ2) is 57.3. The van der Waals surface area contributed by atoms with Gasteiger partial charge in [0, 0.05) is 95.7 Å². The van der Waals surface area contributed by atoms with E-state index in [2.05, 4.69) is 63.5 Å². The van der Waals surface area contributed by atoms with E-state index in [1.807, 2.05) is 0 Å². The molecule has 21 N–H and O–H groups in total. The summed E-state index contributed by atoms with van der Waals surface area (Å²) in [4.78, 5) is 215. The number of methoxy groups -OCH3 is 1. The van der Waals surface area contributed by atoms with Gasteiger partial charge in [0.25, 0.3) is 0 Å². The number of H-pyrrole nitrogens is 1. The number of benzene rings is 2. The molecule has 0 radical (unpaired) electrons. The Morgan fingerprint density at radius 3 is 1.89 bits per heavy atom. The summed E-state index contributed by atoms with van der Waals surface area (Å²) in [6.07, 6.45) is -6.72. The van der Waals surface area contributed by atoms with Gasteiger partial charge >= 0.3 is 18.2 Å². The third kappa shape index (κ3) is 36.8. The van der Waals surface area contributed by atoms with E-state index in [-0.39, 0.29) is 131 Å². The zero-order valence-electron chi connectivity index (χ0n) is 74.3. The average molecular weight is 1860 g/mol. The monoisotopic (exact) mass is 1860 g/mol. The zero-order valence-corrected chi connectivity index (χ0v) is 75.1. The molecule has 47 nitrogen and oxygen atoms in total. The van der Waals surface area contributed by atoms with Gasteiger partial charge in [-0.2, -0.15) is 0 Å². The number of aliphatic hydroxyl groups is 3. The van der Waals surface area contributed by atoms with Crippen LogP contribution in [-0.2, 0) is 124 Å². The summed E-state index contributed by atoms with van der Waals surface area (Å²) >= 11 is 0. The first kappa shape index (κ1) is 108. The van der Waals surface area contributed by atoms with Gasteiger partial charge in [-0.15, -0.1) is 0 Å². The highest BCUT2D eigenvalue weighted by Gasteiger charge is 2.46. The number of nitrogens with zero attached hydrogens (tertiary/aromatic N) is 3. The van der Waals surface area contributed by atoms with E-state index < -0.39 is 229 Å². The molecule has 1 aromatic heterocycles. The van der Waals surface area contributed by atoms with Crippen molar-refractivity contribution in [3.8, 4) is 5.75 Å². The van der Waals surface area contributed by atoms with Crippen LogP contribution in [0.5, 0.6) is 5.75 Å². The number of nitrogens with one attached hydrogen (secondary N) is 12. The summed E-state index contributed by atoms with van der Waals surface area (Å²) < 4.78 is 70.5. The van der Waals surface area contributed by atoms with Crippen molar-refractivity contribution in [1.29, 1.82) is 0 Å². The molecule has 1 unspecified atom stereocenters. The van der Waals surface area contributed by atoms with Crippen LogP contribution in [0, 0.1) is 17.8 Å². The van der Waals surface area contributed by atoms with Gasteiger partial charge in [0.05, 0.1) is 159 Å². The summed E-state index contributed by atoms with van der Waals surface area (Å²) in [6, 6.07) is -3.63. The number of likely N-dealkylation sites (N-methyl/N-ethyl adjacent to an activating group) is 1. The number of urea groups is 1. The molecule has 2 aromatic carbocycles. The number of nitrogens with two attached hydrogens (primary N) is 3. The second-order valence-electron chi connectivity index (χ2n) is 31.2. The van der Waals surface area contributed by atoms with E-state index in [1.165, 1.54) is 49.2 Å². The molecule has 0 aliphatic carbocycles. The number of primary amides is 2. The molecule has 3 aliphatic heterocycles. The van der Waals surface area contributed by atoms with Crippen LogP contribution in [0.25, 0.3) is 10.9 Å². The minimum Gasteiger partial charge on any atom is -0.445 e. The summed E-state index contributed by atoms with van der Waals surface area (Å²) in [5.74, 6) is -15.3. The Kier molecular flexibility index (Phi) is 47.6. The Morgan fingerprint density at radius 2 is 1.28 bits per heavy atom. The highest BCUT2D eigenvalue weighted by Crippen LogP contribution is 2.31. The van der Waals surface area contributed by atoms with Gasteiger partial charge in [-0.05, 0) is 60.1 Å². The van der Waals surface area contributed by atoms with Crippen LogP contribution in [-0.4, -0.2) is 367 Å². The van der Waals surface area contributed by atoms with E-state index in [0.717, 1.165) is 9.80 Å². The second-order valence-corrected chi connectivity index (χ2v) is 32.7. The highest BCUT2D eigenvalue weighted by atomic mass is 32.2. The lowest BCUT2D eigenvalue weighted by Gasteiger charge is -2.32. The lowest BCUT2D eigenvalue weighted by Crippen LogP contribution is -2.62. The van der Waals surface area contributed by atoms with Crippen molar-refractivity contribution in [3.05, 3.63) is 53.6 Å². The number of anilines is 1. The van der Waals surface area contributed by atoms with Crippen LogP contribution in [0.15, 0.2) is 47.5 Å². The largest absolute Gasteiger partial charge is 0.445 e. The number of carbonyl (C=O) groups excluding carboxylic acids is 15. The van der Waals surface area contributed by atoms with E-state index in [4.69, 9.17) is 64.6 Å². The lowest BCUT2D eigenvalue weighted by atomic mass is 9.93. The molecule has 726 valence electrons. The SMILES string of the molecule is CC[C@H](C)[C@@H]1NC(=O)CNC(=O)[C@H]2Cc3c([nH]c4cc(OC(=O)N(C)CCN(CCOCCOCCOCCN)C(=O)OCc5ccc(NC(=O)[C@H](CCCNC(N)=O)NC(=O)[C@@H](NC(=O)CCOCCOCCOCCOCCOC)C(C)C)cc5)ccc34)S(=O)C[C@H](NC(=O)CNC1=O)C(=O)N[C@@H](CC(N)=O)C(=O)N1C[C@H](O)C[C@H]1C(=O)N[C@@H]([C@@H](C)[C@@H](O)CO)C(=O)N2. The fourth-order valence-corrected chi connectivity index (χ4v) is 14.8. The number of fused-ring (bicyclic) bond motifs is 5. The molecule has 3 aromatic rings. The maximum absolute atomic E-state index is 15.4. The first-order valence-electron chi connectivity index (χ1n) is 42.9. The predicted molar refractivity (Wildman–Crippen MR) is 463 cm³/mol. The molecule has 48 heteroatoms. The third-order valence-electron chi connectivity index (χ3n) is 21.0. The van der Waals surface area contributed by atoms with Crippen molar-refractivity contribution in [1.82, 2.24) is 72.9 Å². The number of carbonyl (C=O) groups is 15. The van der Waals surface area contributed by atoms with E-state index in [0.29, 0.717) is 71.4 Å². The number of amides is 16. The molecular weight excluding hydrogens is 1730 g/mol. The van der Waals surface area contributed by atoms with Crippen molar-refractivity contribution < 1.29 is 139 Å². The highest BCUT2D eigenvalue weighted by molar-refractivity contribution is 7.85. The Labute approximate surface area is 754 Å². The van der Waals surface area contributed by atoms with Crippen molar-refractivity contribution in [2.45, 2.75) is 152 Å². The van der Waals surface area contributed by atoms with Gasteiger partial charge in [0.2, 0.25) is 70.9 Å². The fourth-order valence-electron chi connectivity index (χ4n) is 13.4. The number of aromatic amines is 1. The van der Waals surface area contributed by atoms with E-state index >= 15 is 4.21 Å². The molecule has 6 rings (SSSR count). The predicted octanol–water partition coefficient (Wildman–Crippen LogP) is -5.43. The minimum atomic E-state index is -2.60. The fraction of sp³-hybridized carbons (Fsp3) is 0.646. The third-order valence-corrected chi connectivity index (χ3v) is 22.4. The lowest BCUT2D eigenvalue weighted by molar-refractivity contribution is -0.144. The molecule has 4 heterocycles. The van der Waals surface area contributed by atoms with Crippen molar-refractivity contribution in [3.63, 3.8) is 0 Å². The molecule has 0 saturated carbocycles. The van der Waals surface area contributed by atoms with Crippen LogP contribution in [0.3, 0.4) is 0 Å². The number of rotatable bonds is 49. The van der Waals surface area contributed by atoms with Crippen LogP contribution in [0.4, 0.5) is 20.1 Å². The van der Waals surface area contributed by atoms with Crippen LogP contribution >= 0.6 is 0 Å². The van der Waals surface area contributed by atoms with E-state index in [1.54, 1.807) is 46.9 Å². The van der Waals surface area contributed by atoms with Gasteiger partial charge in [-0.3, -0.25) is 61.7 Å². The number of aromatic nitrogens is 1. The Balaban J connectivity index is 1.23. The Hall–Kier alpha value is -10.9. The maximum atomic E-state index is 15.4. The van der Waals surface area contributed by atoms with Crippen LogP contribution in [0.1, 0.15) is 84.3 Å². The molecule has 13 atom stereocenters. The molecule has 2 bridgehead atoms. The zero-order chi connectivity index (χ0) is 95.4. The molecule has 16 amide bonds. The van der Waals surface area contributed by atoms with Gasteiger partial charge in [-0.25, -0.2) is 14.4 Å². The first-order chi connectivity index (χ1) is 62.2. The van der Waals surface area contributed by atoms with Crippen LogP contribution in [0.2, 0.25) is 0 Å². The van der Waals surface area contributed by atoms with Crippen molar-refractivity contribution in [2.24, 2.45) is 35.0 Å². The maximum Gasteiger partial charge on any atom is 0.415 e. The van der Waals surface area contributed by atoms with Crippen molar-refractivity contribution >= 4 is 116 Å². The van der Waals surface area contributed by atoms with Gasteiger partial charge in [0.15, 0.2) is 0 Å². The molecule has 1 fully saturated rings. The van der Waals surface area contributed by atoms with E-state index in [9.17, 15) is 87.2 Å². The molecule has 1 saturated heterocycles. The molecule has 0 spiro atoms. The number of aliphatic hydroxyl groups excluding tert-OH is 3. The molecule has 3 aliphatic rings. The summed E-state index contributed by atoms with van der Waals surface area (Å²) in [6.45, 7) is 8.39. The summed E-state index contributed by atoms with van der Waals surface area (Å²) in [5, 5.41) is 59.9. The standard InChI is InChI=1S/C82H128N18O29S/c1-8-49(4)69-75(112)88-42-66(106)90-61-47-130(119)78-56(40-59(71(108)87-43-67(107)96-69)92-77(114)70(50(5)63(103)45-101)97-74(111)62-38-53(102)44-100(62)79(115)60(41-64(84)104)93-73(61)110)55-16-15-54(39-58(55)94-78)129-81(117)98(6)20-21-99(22-25-123-30-33-126-32-29-122-24-18-83)82(118)128-46-51-11-13-52(14-12-51)89-72(109)57(10-9-19-86-80(85)116)91-76(113)68(48(2)3)95-65(105)17-23-121-28-31-125-36-37-127-35-34-124-27-26-120-7/h11-16,39,48-50,53,57,59-63,68-70,94,101-103H,8-10,17-38,40-47,83H2,1-7H3,(H2,84,104)(H,87,108)(H,88,112)(H,89,109)(H,90,106)(H,91,113)(H,92,114)(H,93,110)(H,95,105)(H,96,107)(H,97,111)(H3,85,86,116)/t49-,50-,53+,57-,59+,60-,61-,62-,63-,68-,69-,70-,130?/m0/s1. The topological polar surface area (TPSA) is 662 Å². The number of hydrogen-bond donors (Lipinski definition) is 18. The Morgan fingerprint density at radius 1 is 0.669 bits per heavy atom. The summed E-state index contributed by atoms with van der Waals surface area (Å²) in [5.41, 5.74) is 17.1. The smallest absolute Gasteiger partial charge is 0.415 e. The van der Waals surface area contributed by atoms with Crippen molar-refractivity contribution in [2.75, 3.05) is 183 Å². The molecule has 130 heavy (non-hydrogen) atoms. The normalized spacial score (nSPS) is 20.2. The van der Waals surface area contributed by atoms with Crippen LogP contribution < -0.4 is 80.4 Å². The minimum absolute atomic E-state index is 0.0148. The number of ether oxygens (including phenoxy) is 10. The molecular formula is C82H128N18O29S. The van der Waals surface area contributed by atoms with Gasteiger partial charge in [-0.1, -0.05) is 53.2 Å². The summed E-state index contributed by atoms with van der Waals surface area (Å²) in [7, 11) is 0.344. The number of hydrogen-bond acceptors (Lipinski definition) is 30. The quantitative estimate of drug-likeness (QED) is 0.0235. The first-order valence-corrected chi connectivity index (χ1v) is 44.2. The average Bonchev–Trinajstić information content (AvgIpc) is 1.62. The Bertz CT molecular complexity index is 4250. The van der Waals surface area contributed by atoms with Gasteiger partial charge < -0.3 is 158 Å².